The molecule has 3 aliphatic rings. The number of rotatable bonds is 7. The Balaban J connectivity index is 1.15. The van der Waals surface area contributed by atoms with Crippen LogP contribution >= 0.6 is 0 Å². The number of unbranched alkanes of at least 4 members (excludes halogenated alkanes) is 2. The average Bonchev–Trinajstić information content (AvgIpc) is 3.11. The predicted octanol–water partition coefficient (Wildman–Crippen LogP) is 6.17. The zero-order valence-electron chi connectivity index (χ0n) is 20.6. The zero-order chi connectivity index (χ0) is 24.6. The Bertz CT molecular complexity index is 1100. The normalized spacial score (nSPS) is 29.3. The standard InChI is InChI=1S/C30H36FNO3/c1-30-15-14-25-24-13-11-23(33)17-20(24)8-12-26(25)28(30)21(18-27(30)34)5-3-2-4-16-32-29(35)19-6-9-22(31)10-7-19/h6-7,9-11,13,17,21,25-26,28,33H,2-5,8,12,14-16,18H2,1H3,(H,32,35)/t21-,25-,26-,28+,30-/m1/s1. The van der Waals surface area contributed by atoms with Gasteiger partial charge < -0.3 is 10.4 Å². The topological polar surface area (TPSA) is 66.4 Å². The lowest BCUT2D eigenvalue weighted by atomic mass is 9.54. The number of carbonyl (C=O) groups is 2. The van der Waals surface area contributed by atoms with E-state index in [1.54, 1.807) is 0 Å². The predicted molar refractivity (Wildman–Crippen MR) is 134 cm³/mol. The van der Waals surface area contributed by atoms with E-state index in [2.05, 4.69) is 18.3 Å². The molecule has 5 atom stereocenters. The van der Waals surface area contributed by atoms with Crippen LogP contribution in [-0.4, -0.2) is 23.3 Å². The van der Waals surface area contributed by atoms with Crippen LogP contribution in [-0.2, 0) is 11.2 Å². The molecule has 2 saturated carbocycles. The molecule has 0 aromatic heterocycles. The van der Waals surface area contributed by atoms with Gasteiger partial charge in [0.25, 0.3) is 5.91 Å². The van der Waals surface area contributed by atoms with Gasteiger partial charge in [0.05, 0.1) is 0 Å². The largest absolute Gasteiger partial charge is 0.508 e. The Hall–Kier alpha value is -2.69. The molecule has 0 aliphatic heterocycles. The van der Waals surface area contributed by atoms with Gasteiger partial charge in [-0.15, -0.1) is 0 Å². The van der Waals surface area contributed by atoms with Gasteiger partial charge in [0.1, 0.15) is 17.3 Å². The van der Waals surface area contributed by atoms with E-state index in [0.29, 0.717) is 53.7 Å². The number of amides is 1. The smallest absolute Gasteiger partial charge is 0.251 e. The summed E-state index contributed by atoms with van der Waals surface area (Å²) >= 11 is 0. The number of Topliss-reactive ketones (excluding diaryl/α,β-unsaturated/α-hetero) is 1. The van der Waals surface area contributed by atoms with E-state index in [0.717, 1.165) is 51.4 Å². The first-order valence-electron chi connectivity index (χ1n) is 13.3. The van der Waals surface area contributed by atoms with Crippen molar-refractivity contribution in [3.8, 4) is 5.75 Å². The maximum atomic E-state index is 13.2. The average molecular weight is 478 g/mol. The molecular formula is C30H36FNO3. The lowest BCUT2D eigenvalue weighted by Gasteiger charge is -2.50. The van der Waals surface area contributed by atoms with Gasteiger partial charge in [0, 0.05) is 23.9 Å². The monoisotopic (exact) mass is 477 g/mol. The highest BCUT2D eigenvalue weighted by Crippen LogP contribution is 2.62. The van der Waals surface area contributed by atoms with Crippen molar-refractivity contribution in [1.29, 1.82) is 0 Å². The van der Waals surface area contributed by atoms with E-state index in [4.69, 9.17) is 0 Å². The van der Waals surface area contributed by atoms with Gasteiger partial charge in [-0.2, -0.15) is 0 Å². The van der Waals surface area contributed by atoms with E-state index >= 15 is 0 Å². The number of carbonyl (C=O) groups excluding carboxylic acids is 2. The Morgan fingerprint density at radius 2 is 1.91 bits per heavy atom. The minimum absolute atomic E-state index is 0.165. The number of ketones is 1. The minimum atomic E-state index is -0.343. The fourth-order valence-corrected chi connectivity index (χ4v) is 7.51. The zero-order valence-corrected chi connectivity index (χ0v) is 20.6. The van der Waals surface area contributed by atoms with Crippen molar-refractivity contribution in [1.82, 2.24) is 5.32 Å². The quantitative estimate of drug-likeness (QED) is 0.469. The third-order valence-electron chi connectivity index (χ3n) is 9.20. The number of phenols is 1. The number of fused-ring (bicyclic) bond motifs is 5. The fourth-order valence-electron chi connectivity index (χ4n) is 7.51. The second-order valence-corrected chi connectivity index (χ2v) is 11.2. The lowest BCUT2D eigenvalue weighted by molar-refractivity contribution is -0.129. The molecule has 5 rings (SSSR count). The van der Waals surface area contributed by atoms with E-state index in [1.165, 1.54) is 35.4 Å². The van der Waals surface area contributed by atoms with E-state index in [9.17, 15) is 19.1 Å². The van der Waals surface area contributed by atoms with Gasteiger partial charge in [-0.3, -0.25) is 9.59 Å². The molecule has 0 bridgehead atoms. The molecule has 0 radical (unpaired) electrons. The van der Waals surface area contributed by atoms with Crippen LogP contribution < -0.4 is 5.32 Å². The highest BCUT2D eigenvalue weighted by Gasteiger charge is 2.58. The summed E-state index contributed by atoms with van der Waals surface area (Å²) in [4.78, 5) is 25.3. The molecule has 3 aliphatic carbocycles. The maximum Gasteiger partial charge on any atom is 0.251 e. The molecule has 5 heteroatoms. The van der Waals surface area contributed by atoms with Crippen molar-refractivity contribution in [3.63, 3.8) is 0 Å². The number of aromatic hydroxyl groups is 1. The molecule has 0 unspecified atom stereocenters. The number of hydrogen-bond acceptors (Lipinski definition) is 3. The lowest BCUT2D eigenvalue weighted by Crippen LogP contribution is -2.44. The molecular weight excluding hydrogens is 441 g/mol. The van der Waals surface area contributed by atoms with Crippen LogP contribution in [0.3, 0.4) is 0 Å². The van der Waals surface area contributed by atoms with Crippen LogP contribution in [0.1, 0.15) is 85.7 Å². The van der Waals surface area contributed by atoms with Crippen LogP contribution in [0.4, 0.5) is 4.39 Å². The first-order valence-corrected chi connectivity index (χ1v) is 13.3. The summed E-state index contributed by atoms with van der Waals surface area (Å²) in [7, 11) is 0. The summed E-state index contributed by atoms with van der Waals surface area (Å²) in [5, 5.41) is 12.9. The summed E-state index contributed by atoms with van der Waals surface area (Å²) in [6.07, 6.45) is 8.93. The van der Waals surface area contributed by atoms with Gasteiger partial charge in [0.15, 0.2) is 0 Å². The Morgan fingerprint density at radius 3 is 2.71 bits per heavy atom. The molecule has 4 nitrogen and oxygen atoms in total. The van der Waals surface area contributed by atoms with Gasteiger partial charge in [-0.25, -0.2) is 4.39 Å². The number of phenolic OH excluding ortho intramolecular Hbond substituents is 1. The number of halogens is 1. The Kier molecular flexibility index (Phi) is 6.69. The van der Waals surface area contributed by atoms with Crippen LogP contribution in [0.5, 0.6) is 5.75 Å². The van der Waals surface area contributed by atoms with Crippen molar-refractivity contribution in [2.75, 3.05) is 6.54 Å². The molecule has 2 aromatic rings. The second kappa shape index (κ2) is 9.75. The maximum absolute atomic E-state index is 13.2. The van der Waals surface area contributed by atoms with Crippen molar-refractivity contribution in [2.45, 2.75) is 70.6 Å². The summed E-state index contributed by atoms with van der Waals surface area (Å²) in [5.41, 5.74) is 2.99. The van der Waals surface area contributed by atoms with Gasteiger partial charge >= 0.3 is 0 Å². The van der Waals surface area contributed by atoms with Crippen LogP contribution in [0.2, 0.25) is 0 Å². The molecule has 0 saturated heterocycles. The van der Waals surface area contributed by atoms with Crippen LogP contribution in [0.15, 0.2) is 42.5 Å². The number of nitrogens with one attached hydrogen (secondary N) is 1. The molecule has 35 heavy (non-hydrogen) atoms. The van der Waals surface area contributed by atoms with Gasteiger partial charge in [-0.1, -0.05) is 25.8 Å². The summed E-state index contributed by atoms with van der Waals surface area (Å²) < 4.78 is 13.0. The Morgan fingerprint density at radius 1 is 1.11 bits per heavy atom. The van der Waals surface area contributed by atoms with Crippen molar-refractivity contribution < 1.29 is 19.1 Å². The fraction of sp³-hybridized carbons (Fsp3) is 0.533. The van der Waals surface area contributed by atoms with Crippen molar-refractivity contribution in [3.05, 3.63) is 65.0 Å². The summed E-state index contributed by atoms with van der Waals surface area (Å²) in [6, 6.07) is 11.5. The van der Waals surface area contributed by atoms with Crippen molar-refractivity contribution in [2.24, 2.45) is 23.2 Å². The molecule has 0 heterocycles. The van der Waals surface area contributed by atoms with Crippen LogP contribution in [0, 0.1) is 29.0 Å². The molecule has 2 fully saturated rings. The van der Waals surface area contributed by atoms with E-state index in [1.807, 2.05) is 12.1 Å². The van der Waals surface area contributed by atoms with Gasteiger partial charge in [-0.05, 0) is 110 Å². The first-order chi connectivity index (χ1) is 16.9. The minimum Gasteiger partial charge on any atom is -0.508 e. The Labute approximate surface area is 207 Å². The molecule has 1 amide bonds. The molecule has 2 N–H and O–H groups in total. The number of aryl methyl sites for hydroxylation is 1. The molecule has 2 aromatic carbocycles. The molecule has 186 valence electrons. The summed E-state index contributed by atoms with van der Waals surface area (Å²) in [5.74, 6) is 2.27. The highest BCUT2D eigenvalue weighted by atomic mass is 19.1. The number of hydrogen-bond donors (Lipinski definition) is 2. The van der Waals surface area contributed by atoms with E-state index < -0.39 is 0 Å². The molecule has 0 spiro atoms. The third-order valence-corrected chi connectivity index (χ3v) is 9.20. The second-order valence-electron chi connectivity index (χ2n) is 11.2. The van der Waals surface area contributed by atoms with Crippen molar-refractivity contribution >= 4 is 11.7 Å². The number of benzene rings is 2. The van der Waals surface area contributed by atoms with Crippen LogP contribution in [0.25, 0.3) is 0 Å². The first kappa shape index (κ1) is 24.0. The SMILES string of the molecule is C[C@]12CC[C@@H]3c4ccc(O)cc4CC[C@H]3[C@@H]1[C@H](CCCCCNC(=O)c1ccc(F)cc1)CC2=O. The van der Waals surface area contributed by atoms with Gasteiger partial charge in [0.2, 0.25) is 0 Å². The summed E-state index contributed by atoms with van der Waals surface area (Å²) in [6.45, 7) is 2.84. The highest BCUT2D eigenvalue weighted by molar-refractivity contribution is 5.94. The third kappa shape index (κ3) is 4.62. The van der Waals surface area contributed by atoms with E-state index in [-0.39, 0.29) is 17.1 Å².